The Labute approximate surface area is 110 Å². The van der Waals surface area contributed by atoms with Gasteiger partial charge >= 0.3 is 0 Å². The minimum Gasteiger partial charge on any atom is -0.362 e. The molecule has 0 radical (unpaired) electrons. The van der Waals surface area contributed by atoms with Gasteiger partial charge in [0, 0.05) is 18.8 Å². The molecule has 1 aliphatic rings. The molecule has 0 N–H and O–H groups in total. The van der Waals surface area contributed by atoms with Gasteiger partial charge in [-0.25, -0.2) is 0 Å². The lowest BCUT2D eigenvalue weighted by Gasteiger charge is -2.24. The Morgan fingerprint density at radius 3 is 3.00 bits per heavy atom. The first kappa shape index (κ1) is 11.2. The molecule has 2 aromatic heterocycles. The van der Waals surface area contributed by atoms with Gasteiger partial charge in [0.2, 0.25) is 0 Å². The van der Waals surface area contributed by atoms with Crippen molar-refractivity contribution < 1.29 is 0 Å². The average Bonchev–Trinajstić information content (AvgIpc) is 3.13. The SMILES string of the molecule is N#Cc1ccncc1N(Cc1ccsc1)C1CC1. The fourth-order valence-corrected chi connectivity index (χ4v) is 2.75. The molecule has 0 aromatic carbocycles. The molecule has 0 unspecified atom stereocenters. The third-order valence-corrected chi connectivity index (χ3v) is 3.88. The summed E-state index contributed by atoms with van der Waals surface area (Å²) in [7, 11) is 0. The van der Waals surface area contributed by atoms with E-state index in [-0.39, 0.29) is 0 Å². The Morgan fingerprint density at radius 2 is 2.33 bits per heavy atom. The number of hydrogen-bond donors (Lipinski definition) is 0. The molecule has 3 nitrogen and oxygen atoms in total. The van der Waals surface area contributed by atoms with E-state index in [1.165, 1.54) is 18.4 Å². The minimum atomic E-state index is 0.571. The number of rotatable bonds is 4. The molecular formula is C14H13N3S. The molecule has 1 saturated carbocycles. The van der Waals surface area contributed by atoms with Crippen molar-refractivity contribution in [3.8, 4) is 6.07 Å². The Balaban J connectivity index is 1.92. The molecule has 4 heteroatoms. The van der Waals surface area contributed by atoms with E-state index in [0.29, 0.717) is 11.6 Å². The van der Waals surface area contributed by atoms with Gasteiger partial charge < -0.3 is 4.90 Å². The van der Waals surface area contributed by atoms with Crippen molar-refractivity contribution in [2.24, 2.45) is 0 Å². The monoisotopic (exact) mass is 255 g/mol. The lowest BCUT2D eigenvalue weighted by atomic mass is 10.2. The van der Waals surface area contributed by atoms with Crippen molar-refractivity contribution in [2.45, 2.75) is 25.4 Å². The van der Waals surface area contributed by atoms with Crippen molar-refractivity contribution in [2.75, 3.05) is 4.90 Å². The highest BCUT2D eigenvalue weighted by molar-refractivity contribution is 7.07. The predicted molar refractivity (Wildman–Crippen MR) is 72.5 cm³/mol. The van der Waals surface area contributed by atoms with Gasteiger partial charge in [-0.3, -0.25) is 4.98 Å². The molecular weight excluding hydrogens is 242 g/mol. The Bertz CT molecular complexity index is 567. The van der Waals surface area contributed by atoms with Crippen LogP contribution < -0.4 is 4.90 Å². The summed E-state index contributed by atoms with van der Waals surface area (Å²) >= 11 is 1.71. The lowest BCUT2D eigenvalue weighted by Crippen LogP contribution is -2.25. The Kier molecular flexibility index (Phi) is 2.99. The van der Waals surface area contributed by atoms with E-state index in [9.17, 15) is 5.26 Å². The minimum absolute atomic E-state index is 0.571. The summed E-state index contributed by atoms with van der Waals surface area (Å²) in [6.07, 6.45) is 5.91. The van der Waals surface area contributed by atoms with Crippen molar-refractivity contribution in [1.82, 2.24) is 4.98 Å². The molecule has 0 spiro atoms. The number of thiophene rings is 1. The van der Waals surface area contributed by atoms with Gasteiger partial charge in [-0.2, -0.15) is 16.6 Å². The van der Waals surface area contributed by atoms with Crippen molar-refractivity contribution in [1.29, 1.82) is 5.26 Å². The number of anilines is 1. The van der Waals surface area contributed by atoms with E-state index in [0.717, 1.165) is 12.2 Å². The van der Waals surface area contributed by atoms with Crippen molar-refractivity contribution in [3.05, 3.63) is 46.4 Å². The first-order valence-electron chi connectivity index (χ1n) is 6.00. The normalized spacial score (nSPS) is 14.2. The van der Waals surface area contributed by atoms with Crippen LogP contribution >= 0.6 is 11.3 Å². The summed E-state index contributed by atoms with van der Waals surface area (Å²) < 4.78 is 0. The van der Waals surface area contributed by atoms with E-state index in [2.05, 4.69) is 32.8 Å². The van der Waals surface area contributed by atoms with Crippen LogP contribution in [0.15, 0.2) is 35.3 Å². The fraction of sp³-hybridized carbons (Fsp3) is 0.286. The third-order valence-electron chi connectivity index (χ3n) is 3.15. The fourth-order valence-electron chi connectivity index (χ4n) is 2.09. The standard InChI is InChI=1S/C14H13N3S/c15-7-12-3-5-16-8-14(12)17(13-1-2-13)9-11-4-6-18-10-11/h3-6,8,10,13H,1-2,9H2. The largest absolute Gasteiger partial charge is 0.362 e. The van der Waals surface area contributed by atoms with Crippen LogP contribution in [0.5, 0.6) is 0 Å². The highest BCUT2D eigenvalue weighted by Gasteiger charge is 2.30. The molecule has 3 rings (SSSR count). The molecule has 1 fully saturated rings. The summed E-state index contributed by atoms with van der Waals surface area (Å²) in [4.78, 5) is 6.48. The van der Waals surface area contributed by atoms with Crippen LogP contribution in [-0.2, 0) is 6.54 Å². The molecule has 1 aliphatic carbocycles. The zero-order valence-electron chi connectivity index (χ0n) is 9.91. The maximum atomic E-state index is 9.19. The van der Waals surface area contributed by atoms with Gasteiger partial charge in [0.05, 0.1) is 17.4 Å². The van der Waals surface area contributed by atoms with Crippen LogP contribution in [0.3, 0.4) is 0 Å². The quantitative estimate of drug-likeness (QED) is 0.842. The van der Waals surface area contributed by atoms with Gasteiger partial charge in [0.15, 0.2) is 0 Å². The number of pyridine rings is 1. The van der Waals surface area contributed by atoms with E-state index in [1.54, 1.807) is 23.6 Å². The van der Waals surface area contributed by atoms with Gasteiger partial charge in [-0.15, -0.1) is 0 Å². The molecule has 2 heterocycles. The van der Waals surface area contributed by atoms with Crippen LogP contribution in [0.25, 0.3) is 0 Å². The lowest BCUT2D eigenvalue weighted by molar-refractivity contribution is 0.792. The topological polar surface area (TPSA) is 39.9 Å². The highest BCUT2D eigenvalue weighted by Crippen LogP contribution is 2.34. The van der Waals surface area contributed by atoms with Gasteiger partial charge in [0.25, 0.3) is 0 Å². The molecule has 18 heavy (non-hydrogen) atoms. The maximum Gasteiger partial charge on any atom is 0.101 e. The summed E-state index contributed by atoms with van der Waals surface area (Å²) in [5, 5.41) is 13.4. The van der Waals surface area contributed by atoms with E-state index in [1.807, 2.05) is 6.20 Å². The summed E-state index contributed by atoms with van der Waals surface area (Å²) in [6, 6.07) is 6.76. The predicted octanol–water partition coefficient (Wildman–Crippen LogP) is 3.18. The summed E-state index contributed by atoms with van der Waals surface area (Å²) in [6.45, 7) is 0.870. The Morgan fingerprint density at radius 1 is 1.44 bits per heavy atom. The van der Waals surface area contributed by atoms with Crippen LogP contribution in [-0.4, -0.2) is 11.0 Å². The Hall–Kier alpha value is -1.86. The number of hydrogen-bond acceptors (Lipinski definition) is 4. The third kappa shape index (κ3) is 2.22. The van der Waals surface area contributed by atoms with E-state index >= 15 is 0 Å². The smallest absolute Gasteiger partial charge is 0.101 e. The van der Waals surface area contributed by atoms with E-state index < -0.39 is 0 Å². The second kappa shape index (κ2) is 4.79. The molecule has 0 aliphatic heterocycles. The molecule has 90 valence electrons. The second-order valence-electron chi connectivity index (χ2n) is 4.50. The second-order valence-corrected chi connectivity index (χ2v) is 5.28. The van der Waals surface area contributed by atoms with E-state index in [4.69, 9.17) is 0 Å². The van der Waals surface area contributed by atoms with Crippen LogP contribution in [0.1, 0.15) is 24.0 Å². The first-order valence-corrected chi connectivity index (χ1v) is 6.94. The number of aromatic nitrogens is 1. The van der Waals surface area contributed by atoms with Gasteiger partial charge in [-0.05, 0) is 41.3 Å². The molecule has 0 bridgehead atoms. The molecule has 2 aromatic rings. The molecule has 0 atom stereocenters. The van der Waals surface area contributed by atoms with Gasteiger partial charge in [-0.1, -0.05) is 0 Å². The maximum absolute atomic E-state index is 9.19. The van der Waals surface area contributed by atoms with Crippen LogP contribution in [0, 0.1) is 11.3 Å². The first-order chi connectivity index (χ1) is 8.88. The molecule has 0 saturated heterocycles. The van der Waals surface area contributed by atoms with Crippen LogP contribution in [0.2, 0.25) is 0 Å². The average molecular weight is 255 g/mol. The summed E-state index contributed by atoms with van der Waals surface area (Å²) in [5.74, 6) is 0. The number of nitriles is 1. The molecule has 0 amide bonds. The summed E-state index contributed by atoms with van der Waals surface area (Å²) in [5.41, 5.74) is 2.99. The zero-order chi connectivity index (χ0) is 12.4. The van der Waals surface area contributed by atoms with Crippen molar-refractivity contribution in [3.63, 3.8) is 0 Å². The number of nitrogens with zero attached hydrogens (tertiary/aromatic N) is 3. The van der Waals surface area contributed by atoms with Crippen LogP contribution in [0.4, 0.5) is 5.69 Å². The zero-order valence-corrected chi connectivity index (χ0v) is 10.7. The highest BCUT2D eigenvalue weighted by atomic mass is 32.1. The van der Waals surface area contributed by atoms with Gasteiger partial charge in [0.1, 0.15) is 6.07 Å². The van der Waals surface area contributed by atoms with Crippen molar-refractivity contribution >= 4 is 17.0 Å².